The minimum absolute atomic E-state index is 0.0334. The van der Waals surface area contributed by atoms with E-state index in [-0.39, 0.29) is 12.5 Å². The van der Waals surface area contributed by atoms with Gasteiger partial charge < -0.3 is 15.4 Å². The Kier molecular flexibility index (Phi) is 2.56. The molecule has 0 heterocycles. The molecule has 0 aromatic heterocycles. The summed E-state index contributed by atoms with van der Waals surface area (Å²) >= 11 is 0. The fraction of sp³-hybridized carbons (Fsp3) is 0.750. The quantitative estimate of drug-likeness (QED) is 0.580. The lowest BCUT2D eigenvalue weighted by atomic mass is 10.2. The van der Waals surface area contributed by atoms with Crippen molar-refractivity contribution < 1.29 is 14.3 Å². The van der Waals surface area contributed by atoms with Crippen LogP contribution in [0.3, 0.4) is 0 Å². The zero-order valence-electron chi connectivity index (χ0n) is 7.87. The predicted molar refractivity (Wildman–Crippen MR) is 45.8 cm³/mol. The molecule has 0 aromatic carbocycles. The number of amides is 1. The van der Waals surface area contributed by atoms with Crippen LogP contribution in [0.4, 0.5) is 0 Å². The second kappa shape index (κ2) is 3.33. The molecular formula is C8H14N2O3. The number of rotatable bonds is 3. The molecule has 1 aliphatic rings. The number of ether oxygens (including phenoxy) is 1. The molecule has 0 saturated heterocycles. The van der Waals surface area contributed by atoms with E-state index in [9.17, 15) is 9.59 Å². The van der Waals surface area contributed by atoms with Crippen LogP contribution in [-0.2, 0) is 14.3 Å². The van der Waals surface area contributed by atoms with Crippen molar-refractivity contribution in [3.8, 4) is 0 Å². The molecule has 0 aliphatic heterocycles. The summed E-state index contributed by atoms with van der Waals surface area (Å²) < 4.78 is 4.43. The molecule has 0 spiro atoms. The van der Waals surface area contributed by atoms with Crippen LogP contribution < -0.4 is 5.73 Å². The molecule has 2 N–H and O–H groups in total. The predicted octanol–water partition coefficient (Wildman–Crippen LogP) is -0.891. The molecule has 5 heteroatoms. The number of nitrogens with two attached hydrogens (primary N) is 1. The van der Waals surface area contributed by atoms with Gasteiger partial charge in [-0.1, -0.05) is 0 Å². The van der Waals surface area contributed by atoms with E-state index in [1.807, 2.05) is 0 Å². The van der Waals surface area contributed by atoms with Crippen molar-refractivity contribution in [2.75, 3.05) is 20.7 Å². The normalized spacial score (nSPS) is 17.8. The molecule has 0 aromatic rings. The average molecular weight is 186 g/mol. The molecular weight excluding hydrogens is 172 g/mol. The fourth-order valence-corrected chi connectivity index (χ4v) is 1.06. The summed E-state index contributed by atoms with van der Waals surface area (Å²) in [5, 5.41) is 0. The van der Waals surface area contributed by atoms with Crippen LogP contribution in [0, 0.1) is 0 Å². The number of esters is 1. The first kappa shape index (κ1) is 9.98. The highest BCUT2D eigenvalue weighted by Gasteiger charge is 2.47. The van der Waals surface area contributed by atoms with Crippen LogP contribution in [-0.4, -0.2) is 43.0 Å². The molecule has 1 aliphatic carbocycles. The molecule has 1 fully saturated rings. The lowest BCUT2D eigenvalue weighted by Crippen LogP contribution is -2.45. The Morgan fingerprint density at radius 1 is 1.54 bits per heavy atom. The van der Waals surface area contributed by atoms with Gasteiger partial charge in [0.25, 0.3) is 0 Å². The van der Waals surface area contributed by atoms with Crippen molar-refractivity contribution >= 4 is 11.9 Å². The molecule has 13 heavy (non-hydrogen) atoms. The highest BCUT2D eigenvalue weighted by molar-refractivity contribution is 5.91. The van der Waals surface area contributed by atoms with Crippen molar-refractivity contribution in [2.24, 2.45) is 5.73 Å². The minimum Gasteiger partial charge on any atom is -0.468 e. The summed E-state index contributed by atoms with van der Waals surface area (Å²) in [6.45, 7) is -0.0334. The second-order valence-electron chi connectivity index (χ2n) is 3.39. The third-order valence-electron chi connectivity index (χ3n) is 2.16. The number of methoxy groups -OCH3 is 1. The molecule has 0 atom stereocenters. The van der Waals surface area contributed by atoms with Crippen molar-refractivity contribution in [3.05, 3.63) is 0 Å². The molecule has 1 rings (SSSR count). The van der Waals surface area contributed by atoms with Gasteiger partial charge >= 0.3 is 5.97 Å². The maximum Gasteiger partial charge on any atom is 0.325 e. The number of hydrogen-bond donors (Lipinski definition) is 1. The lowest BCUT2D eigenvalue weighted by Gasteiger charge is -2.19. The van der Waals surface area contributed by atoms with Gasteiger partial charge in [0.1, 0.15) is 6.54 Å². The molecule has 5 nitrogen and oxygen atoms in total. The molecule has 74 valence electrons. The first-order chi connectivity index (χ1) is 5.99. The molecule has 0 radical (unpaired) electrons. The van der Waals surface area contributed by atoms with Gasteiger partial charge in [-0.15, -0.1) is 0 Å². The number of carbonyl (C=O) groups is 2. The standard InChI is InChI=1S/C8H14N2O3/c1-10(5-6(11)13-2)7(12)8(9)3-4-8/h3-5,9H2,1-2H3. The third-order valence-corrected chi connectivity index (χ3v) is 2.16. The maximum atomic E-state index is 11.5. The topological polar surface area (TPSA) is 72.6 Å². The summed E-state index contributed by atoms with van der Waals surface area (Å²) in [6.07, 6.45) is 1.41. The van der Waals surface area contributed by atoms with E-state index < -0.39 is 11.5 Å². The fourth-order valence-electron chi connectivity index (χ4n) is 1.06. The Morgan fingerprint density at radius 2 is 2.08 bits per heavy atom. The number of carbonyl (C=O) groups excluding carboxylic acids is 2. The van der Waals surface area contributed by atoms with Gasteiger partial charge in [0.15, 0.2) is 0 Å². The van der Waals surface area contributed by atoms with Crippen LogP contribution in [0.5, 0.6) is 0 Å². The van der Waals surface area contributed by atoms with Crippen LogP contribution in [0.15, 0.2) is 0 Å². The molecule has 1 amide bonds. The van der Waals surface area contributed by atoms with Gasteiger partial charge in [0.05, 0.1) is 12.6 Å². The Bertz CT molecular complexity index is 236. The van der Waals surface area contributed by atoms with E-state index in [2.05, 4.69) is 4.74 Å². The van der Waals surface area contributed by atoms with Gasteiger partial charge in [-0.05, 0) is 12.8 Å². The Hall–Kier alpha value is -1.10. The lowest BCUT2D eigenvalue weighted by molar-refractivity contribution is -0.146. The van der Waals surface area contributed by atoms with Gasteiger partial charge in [-0.25, -0.2) is 0 Å². The summed E-state index contributed by atoms with van der Waals surface area (Å²) in [6, 6.07) is 0. The first-order valence-electron chi connectivity index (χ1n) is 4.11. The van der Waals surface area contributed by atoms with Gasteiger partial charge in [-0.2, -0.15) is 0 Å². The van der Waals surface area contributed by atoms with E-state index >= 15 is 0 Å². The summed E-state index contributed by atoms with van der Waals surface area (Å²) in [5.74, 6) is -0.613. The molecule has 0 bridgehead atoms. The number of likely N-dealkylation sites (N-methyl/N-ethyl adjacent to an activating group) is 1. The second-order valence-corrected chi connectivity index (χ2v) is 3.39. The summed E-state index contributed by atoms with van der Waals surface area (Å²) in [4.78, 5) is 23.6. The van der Waals surface area contributed by atoms with E-state index in [1.165, 1.54) is 12.0 Å². The molecule has 0 unspecified atom stereocenters. The zero-order chi connectivity index (χ0) is 10.1. The molecule has 1 saturated carbocycles. The summed E-state index contributed by atoms with van der Waals surface area (Å²) in [5.41, 5.74) is 4.96. The smallest absolute Gasteiger partial charge is 0.325 e. The van der Waals surface area contributed by atoms with Crippen LogP contribution in [0.25, 0.3) is 0 Å². The highest BCUT2D eigenvalue weighted by atomic mass is 16.5. The van der Waals surface area contributed by atoms with Crippen molar-refractivity contribution in [1.82, 2.24) is 4.90 Å². The van der Waals surface area contributed by atoms with E-state index in [0.29, 0.717) is 12.8 Å². The van der Waals surface area contributed by atoms with Crippen molar-refractivity contribution in [3.63, 3.8) is 0 Å². The Morgan fingerprint density at radius 3 is 2.46 bits per heavy atom. The third kappa shape index (κ3) is 2.18. The van der Waals surface area contributed by atoms with Crippen LogP contribution in [0.2, 0.25) is 0 Å². The van der Waals surface area contributed by atoms with E-state index in [0.717, 1.165) is 0 Å². The van der Waals surface area contributed by atoms with Crippen LogP contribution in [0.1, 0.15) is 12.8 Å². The average Bonchev–Trinajstić information content (AvgIpc) is 2.83. The number of hydrogen-bond acceptors (Lipinski definition) is 4. The van der Waals surface area contributed by atoms with Gasteiger partial charge in [0.2, 0.25) is 5.91 Å². The van der Waals surface area contributed by atoms with Crippen LogP contribution >= 0.6 is 0 Å². The SMILES string of the molecule is COC(=O)CN(C)C(=O)C1(N)CC1. The van der Waals surface area contributed by atoms with Crippen molar-refractivity contribution in [2.45, 2.75) is 18.4 Å². The Labute approximate surface area is 76.8 Å². The zero-order valence-corrected chi connectivity index (χ0v) is 7.87. The Balaban J connectivity index is 2.43. The summed E-state index contributed by atoms with van der Waals surface area (Å²) in [7, 11) is 2.84. The number of nitrogens with zero attached hydrogens (tertiary/aromatic N) is 1. The van der Waals surface area contributed by atoms with Crippen molar-refractivity contribution in [1.29, 1.82) is 0 Å². The maximum absolute atomic E-state index is 11.5. The first-order valence-corrected chi connectivity index (χ1v) is 4.11. The largest absolute Gasteiger partial charge is 0.468 e. The van der Waals surface area contributed by atoms with E-state index in [4.69, 9.17) is 5.73 Å². The minimum atomic E-state index is -0.706. The van der Waals surface area contributed by atoms with E-state index in [1.54, 1.807) is 7.05 Å². The monoisotopic (exact) mass is 186 g/mol. The van der Waals surface area contributed by atoms with Gasteiger partial charge in [0, 0.05) is 7.05 Å². The highest BCUT2D eigenvalue weighted by Crippen LogP contribution is 2.33. The van der Waals surface area contributed by atoms with Gasteiger partial charge in [-0.3, -0.25) is 9.59 Å².